The Morgan fingerprint density at radius 2 is 1.57 bits per heavy atom. The molecule has 1 aliphatic carbocycles. The molecule has 21 heavy (non-hydrogen) atoms. The monoisotopic (exact) mass is 288 g/mol. The van der Waals surface area contributed by atoms with Crippen molar-refractivity contribution in [2.45, 2.75) is 57.5 Å². The van der Waals surface area contributed by atoms with Gasteiger partial charge in [-0.25, -0.2) is 0 Å². The normalized spacial score (nSPS) is 33.6. The summed E-state index contributed by atoms with van der Waals surface area (Å²) in [6, 6.07) is 8.68. The predicted molar refractivity (Wildman–Crippen MR) is 85.8 cm³/mol. The van der Waals surface area contributed by atoms with E-state index in [1.807, 2.05) is 0 Å². The second-order valence-corrected chi connectivity index (χ2v) is 6.87. The molecule has 0 amide bonds. The molecule has 2 unspecified atom stereocenters. The third-order valence-corrected chi connectivity index (χ3v) is 5.56. The van der Waals surface area contributed by atoms with Crippen LogP contribution in [0.2, 0.25) is 0 Å². The zero-order valence-electron chi connectivity index (χ0n) is 13.4. The standard InChI is InChI=1S/C19H28O2/c1-14-3-4-18(13-21-14)17-7-5-15(6-8-17)16-9-11-19(20-2)12-10-16/h9-12,14-15,17-18H,3-8,13H2,1-2H3. The van der Waals surface area contributed by atoms with Gasteiger partial charge in [0.15, 0.2) is 0 Å². The van der Waals surface area contributed by atoms with E-state index in [2.05, 4.69) is 31.2 Å². The van der Waals surface area contributed by atoms with Gasteiger partial charge in [-0.2, -0.15) is 0 Å². The number of ether oxygens (including phenoxy) is 2. The summed E-state index contributed by atoms with van der Waals surface area (Å²) >= 11 is 0. The van der Waals surface area contributed by atoms with Crippen LogP contribution in [0.25, 0.3) is 0 Å². The lowest BCUT2D eigenvalue weighted by Crippen LogP contribution is -2.31. The third kappa shape index (κ3) is 3.60. The van der Waals surface area contributed by atoms with Gasteiger partial charge in [0, 0.05) is 0 Å². The van der Waals surface area contributed by atoms with Crippen LogP contribution in [0, 0.1) is 11.8 Å². The van der Waals surface area contributed by atoms with Crippen molar-refractivity contribution in [3.63, 3.8) is 0 Å². The van der Waals surface area contributed by atoms with E-state index in [4.69, 9.17) is 9.47 Å². The quantitative estimate of drug-likeness (QED) is 0.796. The first-order valence-corrected chi connectivity index (χ1v) is 8.52. The van der Waals surface area contributed by atoms with Crippen molar-refractivity contribution in [2.24, 2.45) is 11.8 Å². The average Bonchev–Trinajstić information content (AvgIpc) is 2.56. The van der Waals surface area contributed by atoms with Crippen LogP contribution < -0.4 is 4.74 Å². The van der Waals surface area contributed by atoms with Gasteiger partial charge in [-0.1, -0.05) is 12.1 Å². The topological polar surface area (TPSA) is 18.5 Å². The Balaban J connectivity index is 1.52. The molecule has 116 valence electrons. The zero-order valence-corrected chi connectivity index (χ0v) is 13.4. The molecule has 2 nitrogen and oxygen atoms in total. The lowest BCUT2D eigenvalue weighted by molar-refractivity contribution is -0.0282. The van der Waals surface area contributed by atoms with Crippen molar-refractivity contribution in [1.29, 1.82) is 0 Å². The van der Waals surface area contributed by atoms with Gasteiger partial charge in [-0.15, -0.1) is 0 Å². The fraction of sp³-hybridized carbons (Fsp3) is 0.684. The van der Waals surface area contributed by atoms with Crippen molar-refractivity contribution in [3.05, 3.63) is 29.8 Å². The fourth-order valence-electron chi connectivity index (χ4n) is 4.08. The highest BCUT2D eigenvalue weighted by Gasteiger charge is 2.30. The van der Waals surface area contributed by atoms with Gasteiger partial charge < -0.3 is 9.47 Å². The summed E-state index contributed by atoms with van der Waals surface area (Å²) in [7, 11) is 1.73. The summed E-state index contributed by atoms with van der Waals surface area (Å²) in [6.45, 7) is 3.20. The van der Waals surface area contributed by atoms with Gasteiger partial charge >= 0.3 is 0 Å². The van der Waals surface area contributed by atoms with E-state index in [0.29, 0.717) is 6.10 Å². The third-order valence-electron chi connectivity index (χ3n) is 5.56. The Bertz CT molecular complexity index is 423. The molecule has 0 N–H and O–H groups in total. The molecule has 2 aliphatic rings. The Labute approximate surface area is 128 Å². The Kier molecular flexibility index (Phi) is 4.84. The smallest absolute Gasteiger partial charge is 0.118 e. The molecule has 1 saturated heterocycles. The summed E-state index contributed by atoms with van der Waals surface area (Å²) in [5.41, 5.74) is 1.49. The first-order chi connectivity index (χ1) is 10.3. The molecule has 0 radical (unpaired) electrons. The molecule has 1 heterocycles. The van der Waals surface area contributed by atoms with E-state index in [-0.39, 0.29) is 0 Å². The maximum Gasteiger partial charge on any atom is 0.118 e. The second-order valence-electron chi connectivity index (χ2n) is 6.87. The molecule has 1 aromatic rings. The highest BCUT2D eigenvalue weighted by atomic mass is 16.5. The van der Waals surface area contributed by atoms with E-state index >= 15 is 0 Å². The first-order valence-electron chi connectivity index (χ1n) is 8.52. The highest BCUT2D eigenvalue weighted by Crippen LogP contribution is 2.41. The minimum absolute atomic E-state index is 0.483. The zero-order chi connectivity index (χ0) is 14.7. The fourth-order valence-corrected chi connectivity index (χ4v) is 4.08. The Morgan fingerprint density at radius 3 is 2.14 bits per heavy atom. The maximum atomic E-state index is 5.87. The number of hydrogen-bond donors (Lipinski definition) is 0. The van der Waals surface area contributed by atoms with Crippen LogP contribution in [0.1, 0.15) is 56.9 Å². The van der Waals surface area contributed by atoms with Gasteiger partial charge in [0.25, 0.3) is 0 Å². The molecule has 1 aliphatic heterocycles. The minimum Gasteiger partial charge on any atom is -0.497 e. The van der Waals surface area contributed by atoms with Crippen LogP contribution in [0.4, 0.5) is 0 Å². The summed E-state index contributed by atoms with van der Waals surface area (Å²) in [4.78, 5) is 0. The van der Waals surface area contributed by atoms with Gasteiger partial charge in [0.1, 0.15) is 5.75 Å². The highest BCUT2D eigenvalue weighted by molar-refractivity contribution is 5.29. The van der Waals surface area contributed by atoms with Gasteiger partial charge in [0.05, 0.1) is 19.8 Å². The van der Waals surface area contributed by atoms with Crippen LogP contribution >= 0.6 is 0 Å². The van der Waals surface area contributed by atoms with Gasteiger partial charge in [-0.05, 0) is 80.9 Å². The lowest BCUT2D eigenvalue weighted by atomic mass is 9.72. The number of benzene rings is 1. The molecule has 0 aromatic heterocycles. The van der Waals surface area contributed by atoms with Crippen molar-refractivity contribution in [2.75, 3.05) is 13.7 Å². The maximum absolute atomic E-state index is 5.87. The SMILES string of the molecule is COc1ccc(C2CCC(C3CCC(C)OC3)CC2)cc1. The van der Waals surface area contributed by atoms with Crippen LogP contribution in [-0.2, 0) is 4.74 Å². The molecular weight excluding hydrogens is 260 g/mol. The van der Waals surface area contributed by atoms with Crippen molar-refractivity contribution >= 4 is 0 Å². The minimum atomic E-state index is 0.483. The van der Waals surface area contributed by atoms with Crippen molar-refractivity contribution in [1.82, 2.24) is 0 Å². The number of hydrogen-bond acceptors (Lipinski definition) is 2. The van der Waals surface area contributed by atoms with Gasteiger partial charge in [-0.3, -0.25) is 0 Å². The van der Waals surface area contributed by atoms with E-state index in [0.717, 1.165) is 30.1 Å². The average molecular weight is 288 g/mol. The molecule has 3 rings (SSSR count). The second kappa shape index (κ2) is 6.83. The summed E-state index contributed by atoms with van der Waals surface area (Å²) in [6.07, 6.45) is 8.53. The molecule has 2 heteroatoms. The van der Waals surface area contributed by atoms with Crippen LogP contribution in [0.5, 0.6) is 5.75 Å². The van der Waals surface area contributed by atoms with E-state index < -0.39 is 0 Å². The molecule has 0 bridgehead atoms. The summed E-state index contributed by atoms with van der Waals surface area (Å²) in [5.74, 6) is 3.42. The lowest BCUT2D eigenvalue weighted by Gasteiger charge is -2.37. The first kappa shape index (κ1) is 14.9. The molecule has 0 spiro atoms. The molecular formula is C19H28O2. The van der Waals surface area contributed by atoms with Gasteiger partial charge in [0.2, 0.25) is 0 Å². The van der Waals surface area contributed by atoms with E-state index in [1.54, 1.807) is 7.11 Å². The van der Waals surface area contributed by atoms with Crippen LogP contribution in [-0.4, -0.2) is 19.8 Å². The molecule has 1 aromatic carbocycles. The van der Waals surface area contributed by atoms with E-state index in [9.17, 15) is 0 Å². The molecule has 2 fully saturated rings. The summed E-state index contributed by atoms with van der Waals surface area (Å²) < 4.78 is 11.1. The van der Waals surface area contributed by atoms with Crippen molar-refractivity contribution < 1.29 is 9.47 Å². The number of methoxy groups -OCH3 is 1. The Hall–Kier alpha value is -1.02. The number of rotatable bonds is 3. The van der Waals surface area contributed by atoms with Crippen LogP contribution in [0.15, 0.2) is 24.3 Å². The van der Waals surface area contributed by atoms with Crippen LogP contribution in [0.3, 0.4) is 0 Å². The van der Waals surface area contributed by atoms with Crippen molar-refractivity contribution in [3.8, 4) is 5.75 Å². The predicted octanol–water partition coefficient (Wildman–Crippen LogP) is 4.78. The van der Waals surface area contributed by atoms with E-state index in [1.165, 1.54) is 44.1 Å². The molecule has 2 atom stereocenters. The summed E-state index contributed by atoms with van der Waals surface area (Å²) in [5, 5.41) is 0. The largest absolute Gasteiger partial charge is 0.497 e. The Morgan fingerprint density at radius 1 is 0.905 bits per heavy atom. The molecule has 1 saturated carbocycles.